The molecule has 1 saturated heterocycles. The van der Waals surface area contributed by atoms with Gasteiger partial charge in [0, 0.05) is 38.8 Å². The molecular weight excluding hydrogens is 340 g/mol. The highest BCUT2D eigenvalue weighted by Gasteiger charge is 2.16. The first-order valence-corrected chi connectivity index (χ1v) is 11.2. The average Bonchev–Trinajstić information content (AvgIpc) is 2.72. The summed E-state index contributed by atoms with van der Waals surface area (Å²) in [7, 11) is 0. The van der Waals surface area contributed by atoms with Crippen molar-refractivity contribution in [1.29, 1.82) is 0 Å². The molecule has 2 aliphatic rings. The van der Waals surface area contributed by atoms with Crippen molar-refractivity contribution in [2.24, 2.45) is 4.99 Å². The van der Waals surface area contributed by atoms with Gasteiger partial charge in [-0.1, -0.05) is 19.3 Å². The van der Waals surface area contributed by atoms with Crippen LogP contribution in [0.3, 0.4) is 0 Å². The minimum absolute atomic E-state index is 0.460. The lowest BCUT2D eigenvalue weighted by Crippen LogP contribution is -2.44. The van der Waals surface area contributed by atoms with Crippen LogP contribution >= 0.6 is 0 Å². The molecule has 6 nitrogen and oxygen atoms in total. The Bertz CT molecular complexity index is 394. The summed E-state index contributed by atoms with van der Waals surface area (Å²) in [5.41, 5.74) is 0. The standard InChI is InChI=1S/C21H42N4O2/c1-3-22-21(24-18-19(2)25-13-16-26-17-14-25)23-12-8-5-9-15-27-20-10-6-4-7-11-20/h19-20H,3-18H2,1-2H3,(H2,22,23,24). The van der Waals surface area contributed by atoms with Crippen LogP contribution in [0, 0.1) is 0 Å². The van der Waals surface area contributed by atoms with E-state index in [9.17, 15) is 0 Å². The Balaban J connectivity index is 1.53. The number of nitrogens with zero attached hydrogens (tertiary/aromatic N) is 2. The Kier molecular flexibility index (Phi) is 11.8. The zero-order valence-corrected chi connectivity index (χ0v) is 17.7. The molecule has 0 amide bonds. The molecule has 0 bridgehead atoms. The van der Waals surface area contributed by atoms with Gasteiger partial charge in [0.25, 0.3) is 0 Å². The van der Waals surface area contributed by atoms with E-state index in [1.807, 2.05) is 0 Å². The number of hydrogen-bond acceptors (Lipinski definition) is 4. The van der Waals surface area contributed by atoms with Crippen molar-refractivity contribution in [3.63, 3.8) is 0 Å². The zero-order chi connectivity index (χ0) is 19.2. The molecule has 1 aliphatic carbocycles. The molecule has 1 saturated carbocycles. The number of ether oxygens (including phenoxy) is 2. The van der Waals surface area contributed by atoms with Crippen molar-refractivity contribution >= 4 is 5.96 Å². The molecule has 2 rings (SSSR count). The summed E-state index contributed by atoms with van der Waals surface area (Å²) in [6.45, 7) is 11.7. The van der Waals surface area contributed by atoms with Crippen molar-refractivity contribution < 1.29 is 9.47 Å². The smallest absolute Gasteiger partial charge is 0.191 e. The van der Waals surface area contributed by atoms with Crippen LogP contribution in [0.2, 0.25) is 0 Å². The molecule has 158 valence electrons. The van der Waals surface area contributed by atoms with Gasteiger partial charge in [-0.05, 0) is 46.0 Å². The predicted molar refractivity (Wildman–Crippen MR) is 113 cm³/mol. The maximum atomic E-state index is 6.00. The number of unbranched alkanes of at least 4 members (excludes halogenated alkanes) is 2. The maximum absolute atomic E-state index is 6.00. The van der Waals surface area contributed by atoms with E-state index in [2.05, 4.69) is 29.4 Å². The Morgan fingerprint density at radius 2 is 1.89 bits per heavy atom. The third-order valence-corrected chi connectivity index (χ3v) is 5.55. The first-order chi connectivity index (χ1) is 13.3. The largest absolute Gasteiger partial charge is 0.379 e. The van der Waals surface area contributed by atoms with Crippen molar-refractivity contribution in [2.75, 3.05) is 52.5 Å². The highest BCUT2D eigenvalue weighted by molar-refractivity contribution is 5.79. The van der Waals surface area contributed by atoms with Gasteiger partial charge >= 0.3 is 0 Å². The predicted octanol–water partition coefficient (Wildman–Crippen LogP) is 2.78. The Morgan fingerprint density at radius 1 is 1.11 bits per heavy atom. The van der Waals surface area contributed by atoms with E-state index in [-0.39, 0.29) is 0 Å². The Hall–Kier alpha value is -0.850. The molecule has 1 atom stereocenters. The summed E-state index contributed by atoms with van der Waals surface area (Å²) < 4.78 is 11.4. The third kappa shape index (κ3) is 9.77. The van der Waals surface area contributed by atoms with E-state index >= 15 is 0 Å². The van der Waals surface area contributed by atoms with Gasteiger partial charge in [0.2, 0.25) is 0 Å². The highest BCUT2D eigenvalue weighted by atomic mass is 16.5. The molecule has 6 heteroatoms. The van der Waals surface area contributed by atoms with Gasteiger partial charge in [-0.3, -0.25) is 9.89 Å². The fourth-order valence-corrected chi connectivity index (χ4v) is 3.79. The molecule has 0 aromatic carbocycles. The lowest BCUT2D eigenvalue weighted by atomic mass is 9.98. The fraction of sp³-hybridized carbons (Fsp3) is 0.952. The van der Waals surface area contributed by atoms with Crippen molar-refractivity contribution in [2.45, 2.75) is 77.4 Å². The van der Waals surface area contributed by atoms with Gasteiger partial charge in [-0.15, -0.1) is 0 Å². The summed E-state index contributed by atoms with van der Waals surface area (Å²) in [5, 5.41) is 6.83. The van der Waals surface area contributed by atoms with Crippen LogP contribution in [0.15, 0.2) is 4.99 Å². The monoisotopic (exact) mass is 382 g/mol. The van der Waals surface area contributed by atoms with Crippen LogP contribution in [0.4, 0.5) is 0 Å². The van der Waals surface area contributed by atoms with E-state index in [0.29, 0.717) is 12.1 Å². The van der Waals surface area contributed by atoms with Gasteiger partial charge in [-0.2, -0.15) is 0 Å². The van der Waals surface area contributed by atoms with Gasteiger partial charge in [-0.25, -0.2) is 0 Å². The minimum Gasteiger partial charge on any atom is -0.379 e. The number of aliphatic imine (C=N–C) groups is 1. The zero-order valence-electron chi connectivity index (χ0n) is 17.7. The van der Waals surface area contributed by atoms with Gasteiger partial charge in [0.15, 0.2) is 5.96 Å². The highest BCUT2D eigenvalue weighted by Crippen LogP contribution is 2.20. The van der Waals surface area contributed by atoms with Crippen LogP contribution in [-0.2, 0) is 9.47 Å². The molecule has 1 heterocycles. The van der Waals surface area contributed by atoms with Crippen molar-refractivity contribution in [3.8, 4) is 0 Å². The second-order valence-corrected chi connectivity index (χ2v) is 7.84. The second kappa shape index (κ2) is 14.2. The van der Waals surface area contributed by atoms with Crippen LogP contribution in [-0.4, -0.2) is 75.5 Å². The maximum Gasteiger partial charge on any atom is 0.191 e. The normalized spacial score (nSPS) is 21.2. The van der Waals surface area contributed by atoms with Gasteiger partial charge < -0.3 is 20.1 Å². The fourth-order valence-electron chi connectivity index (χ4n) is 3.79. The summed E-state index contributed by atoms with van der Waals surface area (Å²) in [4.78, 5) is 7.23. The molecule has 2 N–H and O–H groups in total. The summed E-state index contributed by atoms with van der Waals surface area (Å²) in [5.74, 6) is 0.941. The second-order valence-electron chi connectivity index (χ2n) is 7.84. The topological polar surface area (TPSA) is 58.1 Å². The number of rotatable bonds is 11. The first-order valence-electron chi connectivity index (χ1n) is 11.2. The molecule has 0 aromatic rings. The first kappa shape index (κ1) is 22.4. The molecular formula is C21H42N4O2. The molecule has 0 spiro atoms. The van der Waals surface area contributed by atoms with Gasteiger partial charge in [0.05, 0.1) is 25.9 Å². The van der Waals surface area contributed by atoms with Crippen molar-refractivity contribution in [3.05, 3.63) is 0 Å². The van der Waals surface area contributed by atoms with Crippen molar-refractivity contribution in [1.82, 2.24) is 15.5 Å². The Morgan fingerprint density at radius 3 is 2.63 bits per heavy atom. The van der Waals surface area contributed by atoms with E-state index < -0.39 is 0 Å². The number of guanidine groups is 1. The Labute approximate surface area is 166 Å². The molecule has 0 aromatic heterocycles. The number of hydrogen-bond donors (Lipinski definition) is 2. The number of nitrogens with one attached hydrogen (secondary N) is 2. The van der Waals surface area contributed by atoms with Crippen LogP contribution in [0.25, 0.3) is 0 Å². The van der Waals surface area contributed by atoms with Crippen LogP contribution < -0.4 is 10.6 Å². The van der Waals surface area contributed by atoms with E-state index in [1.54, 1.807) is 0 Å². The minimum atomic E-state index is 0.460. The average molecular weight is 383 g/mol. The summed E-state index contributed by atoms with van der Waals surface area (Å²) in [6, 6.07) is 0.460. The van der Waals surface area contributed by atoms with E-state index in [4.69, 9.17) is 14.5 Å². The number of morpholine rings is 1. The quantitative estimate of drug-likeness (QED) is 0.327. The lowest BCUT2D eigenvalue weighted by molar-refractivity contribution is 0.0220. The van der Waals surface area contributed by atoms with E-state index in [1.165, 1.54) is 44.9 Å². The van der Waals surface area contributed by atoms with Gasteiger partial charge in [0.1, 0.15) is 0 Å². The van der Waals surface area contributed by atoms with Crippen LogP contribution in [0.1, 0.15) is 65.2 Å². The third-order valence-electron chi connectivity index (χ3n) is 5.55. The lowest BCUT2D eigenvalue weighted by Gasteiger charge is -2.31. The molecule has 2 fully saturated rings. The molecule has 0 radical (unpaired) electrons. The summed E-state index contributed by atoms with van der Waals surface area (Å²) in [6.07, 6.45) is 10.7. The SMILES string of the molecule is CCNC(=NCC(C)N1CCOCC1)NCCCCCOC1CCCCC1. The molecule has 1 aliphatic heterocycles. The summed E-state index contributed by atoms with van der Waals surface area (Å²) >= 11 is 0. The van der Waals surface area contributed by atoms with E-state index in [0.717, 1.165) is 64.9 Å². The van der Waals surface area contributed by atoms with Crippen LogP contribution in [0.5, 0.6) is 0 Å². The molecule has 1 unspecified atom stereocenters. The molecule has 27 heavy (non-hydrogen) atoms.